The molecule has 2 aromatic carbocycles. The molecule has 0 fully saturated rings. The molecule has 6 nitrogen and oxygen atoms in total. The van der Waals surface area contributed by atoms with Crippen LogP contribution in [0.3, 0.4) is 0 Å². The Morgan fingerprint density at radius 1 is 1.17 bits per heavy atom. The molecular formula is C21H18ClFN4O2. The van der Waals surface area contributed by atoms with Crippen LogP contribution in [0.4, 0.5) is 10.1 Å². The van der Waals surface area contributed by atoms with Gasteiger partial charge in [-0.2, -0.15) is 0 Å². The summed E-state index contributed by atoms with van der Waals surface area (Å²) in [6.45, 7) is 0.247. The lowest BCUT2D eigenvalue weighted by atomic mass is 10.2. The summed E-state index contributed by atoms with van der Waals surface area (Å²) in [6, 6.07) is 15.8. The molecule has 1 amide bonds. The summed E-state index contributed by atoms with van der Waals surface area (Å²) in [6.07, 6.45) is 1.66. The number of rotatable bonds is 5. The highest BCUT2D eigenvalue weighted by molar-refractivity contribution is 6.32. The molecule has 29 heavy (non-hydrogen) atoms. The van der Waals surface area contributed by atoms with Crippen LogP contribution in [0.15, 0.2) is 71.9 Å². The van der Waals surface area contributed by atoms with Crippen molar-refractivity contribution < 1.29 is 13.9 Å². The van der Waals surface area contributed by atoms with E-state index < -0.39 is 11.7 Å². The Hall–Kier alpha value is -3.45. The number of methoxy groups -OCH3 is 1. The first-order valence-corrected chi connectivity index (χ1v) is 9.05. The van der Waals surface area contributed by atoms with E-state index in [2.05, 4.69) is 20.6 Å². The van der Waals surface area contributed by atoms with Gasteiger partial charge >= 0.3 is 0 Å². The number of aromatic nitrogens is 1. The van der Waals surface area contributed by atoms with Gasteiger partial charge in [0.1, 0.15) is 11.6 Å². The van der Waals surface area contributed by atoms with Gasteiger partial charge in [-0.3, -0.25) is 15.1 Å². The van der Waals surface area contributed by atoms with E-state index in [1.165, 1.54) is 31.4 Å². The SMILES string of the molecule is COc1ccc(NC(=NCc2ccccn2)NC(=O)c2ccc(F)cc2)cc1Cl. The minimum absolute atomic E-state index is 0.200. The number of pyridine rings is 1. The van der Waals surface area contributed by atoms with E-state index in [9.17, 15) is 9.18 Å². The third-order valence-electron chi connectivity index (χ3n) is 3.88. The van der Waals surface area contributed by atoms with Crippen LogP contribution in [0.25, 0.3) is 0 Å². The van der Waals surface area contributed by atoms with E-state index in [0.717, 1.165) is 5.69 Å². The Bertz CT molecular complexity index is 1010. The van der Waals surface area contributed by atoms with Crippen LogP contribution >= 0.6 is 11.6 Å². The second kappa shape index (κ2) is 9.66. The minimum Gasteiger partial charge on any atom is -0.495 e. The first kappa shape index (κ1) is 20.3. The number of halogens is 2. The summed E-state index contributed by atoms with van der Waals surface area (Å²) in [5.41, 5.74) is 1.64. The minimum atomic E-state index is -0.433. The van der Waals surface area contributed by atoms with Gasteiger partial charge in [-0.15, -0.1) is 0 Å². The van der Waals surface area contributed by atoms with Crippen LogP contribution in [0.5, 0.6) is 5.75 Å². The number of aliphatic imine (C=N–C) groups is 1. The van der Waals surface area contributed by atoms with Crippen LogP contribution in [-0.2, 0) is 6.54 Å². The molecule has 0 aliphatic heterocycles. The lowest BCUT2D eigenvalue weighted by Gasteiger charge is -2.13. The normalized spacial score (nSPS) is 11.1. The van der Waals surface area contributed by atoms with E-state index in [0.29, 0.717) is 22.0 Å². The molecule has 0 atom stereocenters. The number of nitrogens with one attached hydrogen (secondary N) is 2. The third kappa shape index (κ3) is 5.76. The van der Waals surface area contributed by atoms with Crippen LogP contribution in [0.2, 0.25) is 5.02 Å². The van der Waals surface area contributed by atoms with Crippen molar-refractivity contribution >= 4 is 29.2 Å². The molecule has 0 aliphatic carbocycles. The Kier molecular flexibility index (Phi) is 6.76. The van der Waals surface area contributed by atoms with Crippen molar-refractivity contribution in [3.8, 4) is 5.75 Å². The molecule has 1 heterocycles. The zero-order valence-electron chi connectivity index (χ0n) is 15.5. The average molecular weight is 413 g/mol. The van der Waals surface area contributed by atoms with Crippen molar-refractivity contribution in [2.24, 2.45) is 4.99 Å². The number of nitrogens with zero attached hydrogens (tertiary/aromatic N) is 2. The predicted molar refractivity (Wildman–Crippen MR) is 111 cm³/mol. The Labute approximate surface area is 172 Å². The average Bonchev–Trinajstić information content (AvgIpc) is 2.73. The van der Waals surface area contributed by atoms with Crippen LogP contribution < -0.4 is 15.4 Å². The van der Waals surface area contributed by atoms with Crippen molar-refractivity contribution in [2.45, 2.75) is 6.54 Å². The molecule has 0 spiro atoms. The van der Waals surface area contributed by atoms with Crippen LogP contribution in [0.1, 0.15) is 16.1 Å². The number of guanidine groups is 1. The van der Waals surface area contributed by atoms with Crippen molar-refractivity contribution in [2.75, 3.05) is 12.4 Å². The van der Waals surface area contributed by atoms with E-state index in [-0.39, 0.29) is 12.5 Å². The van der Waals surface area contributed by atoms with Crippen molar-refractivity contribution in [3.05, 3.63) is 89.0 Å². The number of carbonyl (C=O) groups excluding carboxylic acids is 1. The zero-order valence-corrected chi connectivity index (χ0v) is 16.3. The summed E-state index contributed by atoms with van der Waals surface area (Å²) in [5, 5.41) is 6.13. The summed E-state index contributed by atoms with van der Waals surface area (Å²) in [7, 11) is 1.52. The largest absolute Gasteiger partial charge is 0.495 e. The van der Waals surface area contributed by atoms with Gasteiger partial charge in [0.05, 0.1) is 24.4 Å². The summed E-state index contributed by atoms with van der Waals surface area (Å²) >= 11 is 6.16. The Balaban J connectivity index is 1.81. The standard InChI is InChI=1S/C21H18ClFN4O2/c1-29-19-10-9-16(12-18(19)22)26-21(25-13-17-4-2-3-11-24-17)27-20(28)14-5-7-15(23)8-6-14/h2-12H,13H2,1H3,(H2,25,26,27,28). The molecule has 0 saturated heterocycles. The maximum Gasteiger partial charge on any atom is 0.257 e. The fraction of sp³-hybridized carbons (Fsp3) is 0.0952. The smallest absolute Gasteiger partial charge is 0.257 e. The number of hydrogen-bond donors (Lipinski definition) is 2. The molecular weight excluding hydrogens is 395 g/mol. The van der Waals surface area contributed by atoms with Gasteiger partial charge in [-0.05, 0) is 54.6 Å². The molecule has 0 saturated carbocycles. The topological polar surface area (TPSA) is 75.6 Å². The molecule has 0 bridgehead atoms. The molecule has 2 N–H and O–H groups in total. The molecule has 0 aliphatic rings. The van der Waals surface area contributed by atoms with Crippen molar-refractivity contribution in [1.82, 2.24) is 10.3 Å². The molecule has 0 radical (unpaired) electrons. The maximum absolute atomic E-state index is 13.1. The second-order valence-electron chi connectivity index (χ2n) is 5.92. The van der Waals surface area contributed by atoms with Gasteiger partial charge in [-0.25, -0.2) is 9.38 Å². The molecule has 8 heteroatoms. The van der Waals surface area contributed by atoms with Crippen molar-refractivity contribution in [3.63, 3.8) is 0 Å². The quantitative estimate of drug-likeness (QED) is 0.484. The monoisotopic (exact) mass is 412 g/mol. The van der Waals surface area contributed by atoms with Gasteiger partial charge in [0.15, 0.2) is 0 Å². The zero-order chi connectivity index (χ0) is 20.6. The number of ether oxygens (including phenoxy) is 1. The Morgan fingerprint density at radius 3 is 2.62 bits per heavy atom. The first-order valence-electron chi connectivity index (χ1n) is 8.67. The fourth-order valence-corrected chi connectivity index (χ4v) is 2.68. The van der Waals surface area contributed by atoms with Gasteiger partial charge in [0.2, 0.25) is 5.96 Å². The predicted octanol–water partition coefficient (Wildman–Crippen LogP) is 4.28. The number of carbonyl (C=O) groups is 1. The Morgan fingerprint density at radius 2 is 1.97 bits per heavy atom. The van der Waals surface area contributed by atoms with Crippen LogP contribution in [-0.4, -0.2) is 24.0 Å². The van der Waals surface area contributed by atoms with Crippen molar-refractivity contribution in [1.29, 1.82) is 0 Å². The lowest BCUT2D eigenvalue weighted by molar-refractivity contribution is 0.0977. The summed E-state index contributed by atoms with van der Waals surface area (Å²) in [4.78, 5) is 21.1. The van der Waals surface area contributed by atoms with Gasteiger partial charge < -0.3 is 10.1 Å². The van der Waals surface area contributed by atoms with Gasteiger partial charge in [-0.1, -0.05) is 17.7 Å². The molecule has 3 aromatic rings. The maximum atomic E-state index is 13.1. The second-order valence-corrected chi connectivity index (χ2v) is 6.33. The number of anilines is 1. The van der Waals surface area contributed by atoms with E-state index in [4.69, 9.17) is 16.3 Å². The van der Waals surface area contributed by atoms with E-state index in [1.54, 1.807) is 24.4 Å². The van der Waals surface area contributed by atoms with Gasteiger partial charge in [0.25, 0.3) is 5.91 Å². The van der Waals surface area contributed by atoms with Crippen LogP contribution in [0, 0.1) is 5.82 Å². The van der Waals surface area contributed by atoms with E-state index in [1.807, 2.05) is 18.2 Å². The van der Waals surface area contributed by atoms with E-state index >= 15 is 0 Å². The highest BCUT2D eigenvalue weighted by atomic mass is 35.5. The molecule has 3 rings (SSSR count). The molecule has 0 unspecified atom stereocenters. The number of amides is 1. The lowest BCUT2D eigenvalue weighted by Crippen LogP contribution is -2.36. The highest BCUT2D eigenvalue weighted by Crippen LogP contribution is 2.27. The summed E-state index contributed by atoms with van der Waals surface area (Å²) in [5.74, 6) is -0.126. The van der Waals surface area contributed by atoms with Gasteiger partial charge in [0, 0.05) is 17.4 Å². The number of hydrogen-bond acceptors (Lipinski definition) is 4. The summed E-state index contributed by atoms with van der Waals surface area (Å²) < 4.78 is 18.3. The fourth-order valence-electron chi connectivity index (χ4n) is 2.42. The third-order valence-corrected chi connectivity index (χ3v) is 4.17. The first-order chi connectivity index (χ1) is 14.0. The number of benzene rings is 2. The molecule has 148 valence electrons. The molecule has 1 aromatic heterocycles. The highest BCUT2D eigenvalue weighted by Gasteiger charge is 2.11.